The van der Waals surface area contributed by atoms with Gasteiger partial charge >= 0.3 is 29.8 Å². The van der Waals surface area contributed by atoms with Crippen molar-refractivity contribution in [3.8, 4) is 11.6 Å². The first-order valence-corrected chi connectivity index (χ1v) is 24.5. The molecule has 7 heterocycles. The van der Waals surface area contributed by atoms with Crippen LogP contribution in [0.25, 0.3) is 0 Å². The summed E-state index contributed by atoms with van der Waals surface area (Å²) in [6.45, 7) is 20.1. The molecular formula is C55H68N12O12. The van der Waals surface area contributed by atoms with Gasteiger partial charge in [0, 0.05) is 68.4 Å². The number of nitrogens with zero attached hydrogens (tertiary/aromatic N) is 11. The normalized spacial score (nSPS) is 9.49. The molecule has 0 aliphatic heterocycles. The van der Waals surface area contributed by atoms with Crippen LogP contribution in [0.1, 0.15) is 153 Å². The fraction of sp³-hybridized carbons (Fsp3) is 0.345. The first kappa shape index (κ1) is 67.5. The lowest BCUT2D eigenvalue weighted by Crippen LogP contribution is -2.07. The summed E-state index contributed by atoms with van der Waals surface area (Å²) < 4.78 is 23.1. The molecule has 0 radical (unpaired) electrons. The SMILES string of the molecule is CCC(=O)Oc1ccc(C)nn1.CCC(=O)Oc1cnc(C)nc1.CCC(=O)c1ccc(C)nn1.CCC(=O)c1cnc(C)nc1.CCc1cnc(C(=O)OC)nc1.COC(=O)c1ccc(C)[nH]1.COC(=O)c1ccc(C)cn1. The summed E-state index contributed by atoms with van der Waals surface area (Å²) in [5.41, 5.74) is 6.51. The molecular weight excluding hydrogens is 1020 g/mol. The van der Waals surface area contributed by atoms with E-state index in [0.29, 0.717) is 65.7 Å². The van der Waals surface area contributed by atoms with E-state index >= 15 is 0 Å². The number of Topliss-reactive ketones (excluding diaryl/α,β-unsaturated/α-hetero) is 2. The predicted molar refractivity (Wildman–Crippen MR) is 288 cm³/mol. The Bertz CT molecular complexity index is 2740. The van der Waals surface area contributed by atoms with Crippen molar-refractivity contribution in [1.29, 1.82) is 0 Å². The van der Waals surface area contributed by atoms with E-state index in [-0.39, 0.29) is 41.2 Å². The highest BCUT2D eigenvalue weighted by atomic mass is 16.5. The van der Waals surface area contributed by atoms with Gasteiger partial charge in [0.2, 0.25) is 11.7 Å². The standard InChI is InChI=1S/3C8H10N2O2.2C8H10N2O.C8H9NO2.C7H9NO2/c1-3-6-4-9-7(10-5-6)8(11)12-2;1-3-8(11)12-7-4-9-6(2)10-5-7;1-3-8(11)12-7-5-4-6(2)9-10-7;1-3-8(11)7-4-9-6(2)10-5-7;1-3-8(11)7-5-4-6(2)9-10-7;1-6-3-4-7(9-5-6)8(10)11-2;1-5-3-4-6(8-5)7(9)10-2/h3*4-5H,3H2,1-2H3;2*4-5H,3H2,1-2H3;3-5H,1-2H3;3-4,8H,1-2H3. The van der Waals surface area contributed by atoms with Crippen molar-refractivity contribution >= 4 is 41.4 Å². The third-order valence-electron chi connectivity index (χ3n) is 9.41. The van der Waals surface area contributed by atoms with Gasteiger partial charge in [-0.1, -0.05) is 40.7 Å². The van der Waals surface area contributed by atoms with Crippen LogP contribution in [0.5, 0.6) is 11.6 Å². The number of ketones is 2. The third-order valence-corrected chi connectivity index (χ3v) is 9.41. The lowest BCUT2D eigenvalue weighted by atomic mass is 10.2. The van der Waals surface area contributed by atoms with Gasteiger partial charge in [0.05, 0.1) is 50.7 Å². The smallest absolute Gasteiger partial charge is 0.376 e. The highest BCUT2D eigenvalue weighted by molar-refractivity contribution is 5.95. The fourth-order valence-electron chi connectivity index (χ4n) is 4.90. The molecule has 0 fully saturated rings. The molecule has 0 unspecified atom stereocenters. The summed E-state index contributed by atoms with van der Waals surface area (Å²) in [6, 6.07) is 13.8. The number of methoxy groups -OCH3 is 3. The topological polar surface area (TPSA) is 323 Å². The van der Waals surface area contributed by atoms with Gasteiger partial charge in [0.1, 0.15) is 28.7 Å². The van der Waals surface area contributed by atoms with E-state index in [2.05, 4.69) is 74.5 Å². The molecule has 0 aliphatic carbocycles. The lowest BCUT2D eigenvalue weighted by Gasteiger charge is -2.00. The summed E-state index contributed by atoms with van der Waals surface area (Å²) in [7, 11) is 4.00. The van der Waals surface area contributed by atoms with E-state index in [4.69, 9.17) is 9.47 Å². The van der Waals surface area contributed by atoms with Crippen LogP contribution in [0.3, 0.4) is 0 Å². The first-order chi connectivity index (χ1) is 37.7. The van der Waals surface area contributed by atoms with E-state index in [1.165, 1.54) is 33.7 Å². The van der Waals surface area contributed by atoms with Crippen molar-refractivity contribution in [3.05, 3.63) is 160 Å². The zero-order chi connectivity index (χ0) is 59.3. The zero-order valence-electron chi connectivity index (χ0n) is 47.0. The van der Waals surface area contributed by atoms with Crippen LogP contribution < -0.4 is 9.47 Å². The molecule has 0 amide bonds. The number of carbonyl (C=O) groups excluding carboxylic acids is 7. The molecule has 24 heteroatoms. The quantitative estimate of drug-likeness (QED) is 0.0686. The van der Waals surface area contributed by atoms with Gasteiger partial charge in [0.15, 0.2) is 17.3 Å². The molecule has 0 atom stereocenters. The molecule has 0 bridgehead atoms. The number of ether oxygens (including phenoxy) is 5. The van der Waals surface area contributed by atoms with Crippen molar-refractivity contribution < 1.29 is 57.2 Å². The second-order valence-corrected chi connectivity index (χ2v) is 15.8. The lowest BCUT2D eigenvalue weighted by molar-refractivity contribution is -0.135. The minimum Gasteiger partial charge on any atom is -0.464 e. The number of pyridine rings is 1. The van der Waals surface area contributed by atoms with Crippen LogP contribution in [0.4, 0.5) is 0 Å². The van der Waals surface area contributed by atoms with Gasteiger partial charge in [-0.2, -0.15) is 10.2 Å². The van der Waals surface area contributed by atoms with Gasteiger partial charge in [-0.15, -0.1) is 10.2 Å². The maximum absolute atomic E-state index is 11.0. The van der Waals surface area contributed by atoms with Crippen molar-refractivity contribution in [2.45, 2.75) is 108 Å². The minimum absolute atomic E-state index is 0.0394. The van der Waals surface area contributed by atoms with Crippen LogP contribution in [0, 0.1) is 41.5 Å². The Morgan fingerprint density at radius 2 is 0.975 bits per heavy atom. The number of carbonyl (C=O) groups is 7. The molecule has 0 spiro atoms. The van der Waals surface area contributed by atoms with Gasteiger partial charge in [0.25, 0.3) is 0 Å². The van der Waals surface area contributed by atoms with Crippen LogP contribution in [0.2, 0.25) is 0 Å². The number of aromatic nitrogens is 12. The number of hydrogen-bond acceptors (Lipinski definition) is 23. The fourth-order valence-corrected chi connectivity index (χ4v) is 4.90. The van der Waals surface area contributed by atoms with Crippen molar-refractivity contribution in [1.82, 2.24) is 60.3 Å². The highest BCUT2D eigenvalue weighted by Gasteiger charge is 2.09. The Hall–Kier alpha value is -9.48. The first-order valence-electron chi connectivity index (χ1n) is 24.5. The Morgan fingerprint density at radius 1 is 0.456 bits per heavy atom. The third kappa shape index (κ3) is 28.3. The van der Waals surface area contributed by atoms with Crippen LogP contribution in [-0.2, 0) is 30.2 Å². The minimum atomic E-state index is -0.502. The number of rotatable bonds is 12. The molecule has 0 aliphatic rings. The van der Waals surface area contributed by atoms with Gasteiger partial charge in [-0.3, -0.25) is 19.2 Å². The van der Waals surface area contributed by atoms with Crippen molar-refractivity contribution in [2.75, 3.05) is 21.3 Å². The highest BCUT2D eigenvalue weighted by Crippen LogP contribution is 2.08. The number of aryl methyl sites for hydroxylation is 7. The Labute approximate surface area is 459 Å². The monoisotopic (exact) mass is 1090 g/mol. The number of hydrogen-bond donors (Lipinski definition) is 1. The van der Waals surface area contributed by atoms with Crippen LogP contribution in [0.15, 0.2) is 91.9 Å². The Morgan fingerprint density at radius 3 is 1.41 bits per heavy atom. The largest absolute Gasteiger partial charge is 0.464 e. The maximum atomic E-state index is 11.0. The number of esters is 5. The number of aromatic amines is 1. The van der Waals surface area contributed by atoms with Crippen molar-refractivity contribution in [2.24, 2.45) is 0 Å². The molecule has 7 aromatic rings. The molecule has 7 rings (SSSR count). The summed E-state index contributed by atoms with van der Waals surface area (Å²) in [5.74, 6) is 0.437. The predicted octanol–water partition coefficient (Wildman–Crippen LogP) is 8.07. The van der Waals surface area contributed by atoms with E-state index in [9.17, 15) is 33.6 Å². The second kappa shape index (κ2) is 38.1. The summed E-state index contributed by atoms with van der Waals surface area (Å²) in [6.07, 6.45) is 13.5. The zero-order valence-corrected chi connectivity index (χ0v) is 47.0. The molecule has 79 heavy (non-hydrogen) atoms. The van der Waals surface area contributed by atoms with E-state index in [1.807, 2.05) is 60.6 Å². The van der Waals surface area contributed by atoms with E-state index < -0.39 is 11.9 Å². The number of nitrogens with one attached hydrogen (secondary N) is 1. The molecule has 0 aromatic carbocycles. The molecule has 0 saturated carbocycles. The Kier molecular flexibility index (Phi) is 32.6. The Balaban J connectivity index is 0.000000461. The average Bonchev–Trinajstić information content (AvgIpc) is 3.92. The molecule has 1 N–H and O–H groups in total. The van der Waals surface area contributed by atoms with Crippen LogP contribution in [-0.4, -0.2) is 123 Å². The summed E-state index contributed by atoms with van der Waals surface area (Å²) >= 11 is 0. The molecule has 7 aromatic heterocycles. The van der Waals surface area contributed by atoms with Gasteiger partial charge in [-0.05, 0) is 95.5 Å². The molecule has 420 valence electrons. The maximum Gasteiger partial charge on any atom is 0.376 e. The van der Waals surface area contributed by atoms with Gasteiger partial charge < -0.3 is 28.7 Å². The molecule has 24 nitrogen and oxygen atoms in total. The van der Waals surface area contributed by atoms with Crippen molar-refractivity contribution in [3.63, 3.8) is 0 Å². The number of H-pyrrole nitrogens is 1. The molecule has 0 saturated heterocycles. The average molecular weight is 1090 g/mol. The van der Waals surface area contributed by atoms with Gasteiger partial charge in [-0.25, -0.2) is 49.3 Å². The van der Waals surface area contributed by atoms with Crippen LogP contribution >= 0.6 is 0 Å². The summed E-state index contributed by atoms with van der Waals surface area (Å²) in [4.78, 5) is 106. The second-order valence-electron chi connectivity index (χ2n) is 15.8. The summed E-state index contributed by atoms with van der Waals surface area (Å²) in [5, 5.41) is 14.9. The van der Waals surface area contributed by atoms with E-state index in [0.717, 1.165) is 34.6 Å². The van der Waals surface area contributed by atoms with E-state index in [1.54, 1.807) is 95.1 Å².